The highest BCUT2D eigenvalue weighted by molar-refractivity contribution is 9.10. The Labute approximate surface area is 160 Å². The molecule has 0 saturated heterocycles. The van der Waals surface area contributed by atoms with E-state index < -0.39 is 0 Å². The first-order valence-electron chi connectivity index (χ1n) is 8.28. The van der Waals surface area contributed by atoms with Crippen molar-refractivity contribution in [3.8, 4) is 28.3 Å². The summed E-state index contributed by atoms with van der Waals surface area (Å²) in [7, 11) is 0. The zero-order valence-corrected chi connectivity index (χ0v) is 15.5. The highest BCUT2D eigenvalue weighted by atomic mass is 79.9. The number of rotatable bonds is 5. The molecule has 4 aromatic rings. The molecule has 3 nitrogen and oxygen atoms in total. The van der Waals surface area contributed by atoms with Crippen LogP contribution in [0.3, 0.4) is 0 Å². The van der Waals surface area contributed by atoms with E-state index in [9.17, 15) is 0 Å². The molecule has 1 heterocycles. The topological polar surface area (TPSA) is 35.3 Å². The van der Waals surface area contributed by atoms with Crippen LogP contribution in [0.1, 0.15) is 5.89 Å². The minimum absolute atomic E-state index is 0.272. The minimum Gasteiger partial charge on any atom is -0.484 e. The zero-order valence-electron chi connectivity index (χ0n) is 13.9. The lowest BCUT2D eigenvalue weighted by Gasteiger charge is -2.03. The summed E-state index contributed by atoms with van der Waals surface area (Å²) in [6.45, 7) is 0.272. The maximum atomic E-state index is 6.06. The Morgan fingerprint density at radius 1 is 0.769 bits per heavy atom. The molecule has 0 N–H and O–H groups in total. The summed E-state index contributed by atoms with van der Waals surface area (Å²) < 4.78 is 12.9. The second kappa shape index (κ2) is 7.58. The molecule has 0 spiro atoms. The molecule has 0 bridgehead atoms. The summed E-state index contributed by atoms with van der Waals surface area (Å²) in [6, 6.07) is 27.7. The molecule has 0 atom stereocenters. The van der Waals surface area contributed by atoms with E-state index in [1.54, 1.807) is 0 Å². The van der Waals surface area contributed by atoms with Gasteiger partial charge in [0.05, 0.1) is 0 Å². The molecule has 128 valence electrons. The van der Waals surface area contributed by atoms with Gasteiger partial charge in [0, 0.05) is 15.6 Å². The molecule has 4 heteroatoms. The highest BCUT2D eigenvalue weighted by Gasteiger charge is 2.17. The SMILES string of the molecule is Brc1ccc(OCc2nc(-c3ccccc3)c(-c3ccccc3)o2)cc1. The van der Waals surface area contributed by atoms with E-state index in [0.717, 1.165) is 32.8 Å². The number of oxazole rings is 1. The van der Waals surface area contributed by atoms with Gasteiger partial charge in [0.2, 0.25) is 5.89 Å². The molecule has 1 aromatic heterocycles. The maximum Gasteiger partial charge on any atom is 0.233 e. The van der Waals surface area contributed by atoms with Gasteiger partial charge in [0.1, 0.15) is 11.4 Å². The predicted molar refractivity (Wildman–Crippen MR) is 106 cm³/mol. The van der Waals surface area contributed by atoms with E-state index in [0.29, 0.717) is 5.89 Å². The monoisotopic (exact) mass is 405 g/mol. The van der Waals surface area contributed by atoms with Gasteiger partial charge < -0.3 is 9.15 Å². The van der Waals surface area contributed by atoms with Crippen LogP contribution >= 0.6 is 15.9 Å². The van der Waals surface area contributed by atoms with Gasteiger partial charge in [-0.05, 0) is 24.3 Å². The first-order valence-corrected chi connectivity index (χ1v) is 9.08. The lowest BCUT2D eigenvalue weighted by Crippen LogP contribution is -1.95. The Morgan fingerprint density at radius 3 is 2.04 bits per heavy atom. The van der Waals surface area contributed by atoms with Crippen LogP contribution in [0, 0.1) is 0 Å². The molecule has 0 radical (unpaired) electrons. The largest absolute Gasteiger partial charge is 0.484 e. The van der Waals surface area contributed by atoms with E-state index in [2.05, 4.69) is 20.9 Å². The molecule has 0 unspecified atom stereocenters. The number of hydrogen-bond acceptors (Lipinski definition) is 3. The molecular weight excluding hydrogens is 390 g/mol. The highest BCUT2D eigenvalue weighted by Crippen LogP contribution is 2.32. The Morgan fingerprint density at radius 2 is 1.38 bits per heavy atom. The molecule has 4 rings (SSSR count). The quantitative estimate of drug-likeness (QED) is 0.387. The lowest BCUT2D eigenvalue weighted by molar-refractivity contribution is 0.264. The average Bonchev–Trinajstić information content (AvgIpc) is 3.13. The van der Waals surface area contributed by atoms with Crippen LogP contribution in [-0.4, -0.2) is 4.98 Å². The summed E-state index contributed by atoms with van der Waals surface area (Å²) >= 11 is 3.42. The third-order valence-electron chi connectivity index (χ3n) is 3.93. The normalized spacial score (nSPS) is 10.7. The number of aromatic nitrogens is 1. The molecule has 26 heavy (non-hydrogen) atoms. The summed E-state index contributed by atoms with van der Waals surface area (Å²) in [5.74, 6) is 2.07. The van der Waals surface area contributed by atoms with Gasteiger partial charge in [-0.15, -0.1) is 0 Å². The molecule has 0 fully saturated rings. The van der Waals surface area contributed by atoms with Crippen molar-refractivity contribution < 1.29 is 9.15 Å². The first-order chi connectivity index (χ1) is 12.8. The van der Waals surface area contributed by atoms with Gasteiger partial charge in [-0.25, -0.2) is 4.98 Å². The second-order valence-corrected chi connectivity index (χ2v) is 6.68. The van der Waals surface area contributed by atoms with E-state index in [4.69, 9.17) is 9.15 Å². The van der Waals surface area contributed by atoms with Gasteiger partial charge in [0.15, 0.2) is 12.4 Å². The molecule has 0 aliphatic heterocycles. The van der Waals surface area contributed by atoms with E-state index >= 15 is 0 Å². The molecule has 0 saturated carbocycles. The third kappa shape index (κ3) is 3.70. The Bertz CT molecular complexity index is 923. The third-order valence-corrected chi connectivity index (χ3v) is 4.46. The molecule has 0 aliphatic carbocycles. The van der Waals surface area contributed by atoms with Crippen LogP contribution in [0.5, 0.6) is 5.75 Å². The Kier molecular flexibility index (Phi) is 4.84. The van der Waals surface area contributed by atoms with Crippen molar-refractivity contribution in [2.24, 2.45) is 0 Å². The average molecular weight is 406 g/mol. The zero-order chi connectivity index (χ0) is 17.8. The molecule has 0 amide bonds. The number of halogens is 1. The van der Waals surface area contributed by atoms with Gasteiger partial charge in [-0.3, -0.25) is 0 Å². The lowest BCUT2D eigenvalue weighted by atomic mass is 10.1. The van der Waals surface area contributed by atoms with Crippen LogP contribution in [0.15, 0.2) is 93.8 Å². The fourth-order valence-electron chi connectivity index (χ4n) is 2.68. The van der Waals surface area contributed by atoms with Crippen LogP contribution in [-0.2, 0) is 6.61 Å². The number of ether oxygens (including phenoxy) is 1. The van der Waals surface area contributed by atoms with Crippen molar-refractivity contribution in [3.05, 3.63) is 95.3 Å². The number of nitrogens with zero attached hydrogens (tertiary/aromatic N) is 1. The van der Waals surface area contributed by atoms with Gasteiger partial charge >= 0.3 is 0 Å². The van der Waals surface area contributed by atoms with Gasteiger partial charge in [0.25, 0.3) is 0 Å². The summed E-state index contributed by atoms with van der Waals surface area (Å²) in [5.41, 5.74) is 2.84. The Hall–Kier alpha value is -2.85. The molecular formula is C22H16BrNO2. The van der Waals surface area contributed by atoms with Crippen LogP contribution < -0.4 is 4.74 Å². The van der Waals surface area contributed by atoms with Crippen LogP contribution in [0.25, 0.3) is 22.6 Å². The fraction of sp³-hybridized carbons (Fsp3) is 0.0455. The van der Waals surface area contributed by atoms with Gasteiger partial charge in [-0.2, -0.15) is 0 Å². The number of hydrogen-bond donors (Lipinski definition) is 0. The first kappa shape index (κ1) is 16.6. The van der Waals surface area contributed by atoms with Crippen molar-refractivity contribution in [1.29, 1.82) is 0 Å². The molecule has 3 aromatic carbocycles. The van der Waals surface area contributed by atoms with Crippen molar-refractivity contribution in [3.63, 3.8) is 0 Å². The van der Waals surface area contributed by atoms with Crippen LogP contribution in [0.2, 0.25) is 0 Å². The van der Waals surface area contributed by atoms with Crippen molar-refractivity contribution >= 4 is 15.9 Å². The summed E-state index contributed by atoms with van der Waals surface area (Å²) in [4.78, 5) is 4.69. The van der Waals surface area contributed by atoms with E-state index in [1.165, 1.54) is 0 Å². The number of benzene rings is 3. The molecule has 0 aliphatic rings. The van der Waals surface area contributed by atoms with E-state index in [1.807, 2.05) is 84.9 Å². The Balaban J connectivity index is 1.66. The summed E-state index contributed by atoms with van der Waals surface area (Å²) in [5, 5.41) is 0. The van der Waals surface area contributed by atoms with Crippen molar-refractivity contribution in [1.82, 2.24) is 4.98 Å². The van der Waals surface area contributed by atoms with Crippen molar-refractivity contribution in [2.45, 2.75) is 6.61 Å². The fourth-order valence-corrected chi connectivity index (χ4v) is 2.94. The minimum atomic E-state index is 0.272. The maximum absolute atomic E-state index is 6.06. The predicted octanol–water partition coefficient (Wildman–Crippen LogP) is 6.35. The van der Waals surface area contributed by atoms with E-state index in [-0.39, 0.29) is 6.61 Å². The summed E-state index contributed by atoms with van der Waals surface area (Å²) in [6.07, 6.45) is 0. The standard InChI is InChI=1S/C22H16BrNO2/c23-18-11-13-19(14-12-18)25-15-20-24-21(16-7-3-1-4-8-16)22(26-20)17-9-5-2-6-10-17/h1-14H,15H2. The van der Waals surface area contributed by atoms with Gasteiger partial charge in [-0.1, -0.05) is 76.6 Å². The van der Waals surface area contributed by atoms with Crippen LogP contribution in [0.4, 0.5) is 0 Å². The van der Waals surface area contributed by atoms with Crippen molar-refractivity contribution in [2.75, 3.05) is 0 Å². The smallest absolute Gasteiger partial charge is 0.233 e. The second-order valence-electron chi connectivity index (χ2n) is 5.76.